The number of aryl methyl sites for hydroxylation is 1. The number of benzene rings is 1. The number of para-hydroxylation sites is 1. The maximum atomic E-state index is 4.81. The standard InChI is InChI=1S/C22H21N7/c1-15(20-14-29(28-27-20)16-8-3-2-4-9-16)24-21-17-10-7-12-18(17)25-22(26-21)19-11-5-6-13-23-19/h2-6,8-9,11,13-15H,7,10,12H2,1H3,(H,24,25,26). The Morgan fingerprint density at radius 2 is 1.86 bits per heavy atom. The van der Waals surface area contributed by atoms with E-state index < -0.39 is 0 Å². The lowest BCUT2D eigenvalue weighted by Crippen LogP contribution is -2.12. The first-order valence-corrected chi connectivity index (χ1v) is 9.83. The molecule has 4 aromatic rings. The van der Waals surface area contributed by atoms with Crippen LogP contribution in [0.5, 0.6) is 0 Å². The normalized spacial score (nSPS) is 13.8. The first-order chi connectivity index (χ1) is 14.3. The third-order valence-electron chi connectivity index (χ3n) is 5.16. The van der Waals surface area contributed by atoms with Crippen LogP contribution in [-0.4, -0.2) is 29.9 Å². The number of pyridine rings is 1. The van der Waals surface area contributed by atoms with Crippen LogP contribution in [0, 0.1) is 0 Å². The van der Waals surface area contributed by atoms with Gasteiger partial charge in [-0.25, -0.2) is 14.6 Å². The Kier molecular flexibility index (Phi) is 4.48. The third kappa shape index (κ3) is 3.47. The van der Waals surface area contributed by atoms with Crippen molar-refractivity contribution in [2.75, 3.05) is 5.32 Å². The molecule has 0 bridgehead atoms. The van der Waals surface area contributed by atoms with Gasteiger partial charge in [0.15, 0.2) is 5.82 Å². The number of nitrogens with one attached hydrogen (secondary N) is 1. The molecule has 7 heteroatoms. The Balaban J connectivity index is 1.44. The molecule has 1 aliphatic carbocycles. The lowest BCUT2D eigenvalue weighted by atomic mass is 10.2. The van der Waals surface area contributed by atoms with Crippen molar-refractivity contribution in [3.63, 3.8) is 0 Å². The Labute approximate surface area is 168 Å². The number of aromatic nitrogens is 6. The average molecular weight is 383 g/mol. The van der Waals surface area contributed by atoms with Crippen LogP contribution < -0.4 is 5.32 Å². The topological polar surface area (TPSA) is 81.4 Å². The molecule has 0 amide bonds. The second kappa shape index (κ2) is 7.43. The van der Waals surface area contributed by atoms with Crippen LogP contribution in [0.25, 0.3) is 17.2 Å². The summed E-state index contributed by atoms with van der Waals surface area (Å²) in [4.78, 5) is 14.0. The smallest absolute Gasteiger partial charge is 0.180 e. The van der Waals surface area contributed by atoms with E-state index in [2.05, 4.69) is 27.5 Å². The Morgan fingerprint density at radius 3 is 2.69 bits per heavy atom. The number of hydrogen-bond donors (Lipinski definition) is 1. The minimum Gasteiger partial charge on any atom is -0.361 e. The minimum absolute atomic E-state index is 0.0383. The number of anilines is 1. The van der Waals surface area contributed by atoms with Crippen molar-refractivity contribution in [2.45, 2.75) is 32.2 Å². The zero-order valence-corrected chi connectivity index (χ0v) is 16.2. The van der Waals surface area contributed by atoms with E-state index in [4.69, 9.17) is 9.97 Å². The van der Waals surface area contributed by atoms with E-state index in [0.29, 0.717) is 5.82 Å². The monoisotopic (exact) mass is 383 g/mol. The van der Waals surface area contributed by atoms with Crippen LogP contribution in [-0.2, 0) is 12.8 Å². The molecule has 1 atom stereocenters. The summed E-state index contributed by atoms with van der Waals surface area (Å²) < 4.78 is 1.79. The second-order valence-electron chi connectivity index (χ2n) is 7.18. The molecule has 0 aliphatic heterocycles. The van der Waals surface area contributed by atoms with Crippen LogP contribution in [0.15, 0.2) is 60.9 Å². The Morgan fingerprint density at radius 1 is 1.00 bits per heavy atom. The van der Waals surface area contributed by atoms with Gasteiger partial charge in [0.05, 0.1) is 17.9 Å². The van der Waals surface area contributed by atoms with Crippen LogP contribution in [0.2, 0.25) is 0 Å². The van der Waals surface area contributed by atoms with Crippen molar-refractivity contribution in [1.29, 1.82) is 0 Å². The van der Waals surface area contributed by atoms with Crippen molar-refractivity contribution >= 4 is 5.82 Å². The van der Waals surface area contributed by atoms with E-state index in [-0.39, 0.29) is 6.04 Å². The molecule has 0 saturated heterocycles. The molecular formula is C22H21N7. The van der Waals surface area contributed by atoms with Gasteiger partial charge in [0.1, 0.15) is 17.2 Å². The predicted octanol–water partition coefficient (Wildman–Crippen LogP) is 3.78. The van der Waals surface area contributed by atoms with Gasteiger partial charge < -0.3 is 5.32 Å². The van der Waals surface area contributed by atoms with Crippen molar-refractivity contribution in [3.05, 3.63) is 77.9 Å². The molecule has 3 heterocycles. The molecule has 1 unspecified atom stereocenters. The van der Waals surface area contributed by atoms with Crippen LogP contribution >= 0.6 is 0 Å². The van der Waals surface area contributed by atoms with Crippen molar-refractivity contribution in [2.24, 2.45) is 0 Å². The fourth-order valence-electron chi connectivity index (χ4n) is 3.62. The van der Waals surface area contributed by atoms with Crippen molar-refractivity contribution in [3.8, 4) is 17.2 Å². The first kappa shape index (κ1) is 17.5. The number of nitrogens with zero attached hydrogens (tertiary/aromatic N) is 6. The van der Waals surface area contributed by atoms with Crippen molar-refractivity contribution < 1.29 is 0 Å². The zero-order chi connectivity index (χ0) is 19.6. The third-order valence-corrected chi connectivity index (χ3v) is 5.16. The van der Waals surface area contributed by atoms with Gasteiger partial charge in [-0.15, -0.1) is 5.10 Å². The minimum atomic E-state index is -0.0383. The molecule has 0 spiro atoms. The number of rotatable bonds is 5. The molecule has 144 valence electrons. The number of hydrogen-bond acceptors (Lipinski definition) is 6. The maximum absolute atomic E-state index is 4.81. The van der Waals surface area contributed by atoms with Gasteiger partial charge in [0, 0.05) is 17.5 Å². The summed E-state index contributed by atoms with van der Waals surface area (Å²) in [5, 5.41) is 12.2. The van der Waals surface area contributed by atoms with Gasteiger partial charge in [-0.3, -0.25) is 4.98 Å². The van der Waals surface area contributed by atoms with Gasteiger partial charge in [0.25, 0.3) is 0 Å². The molecule has 1 aliphatic rings. The zero-order valence-electron chi connectivity index (χ0n) is 16.2. The average Bonchev–Trinajstić information content (AvgIpc) is 3.45. The first-order valence-electron chi connectivity index (χ1n) is 9.83. The molecule has 1 N–H and O–H groups in total. The summed E-state index contributed by atoms with van der Waals surface area (Å²) in [5.41, 5.74) is 4.95. The maximum Gasteiger partial charge on any atom is 0.180 e. The predicted molar refractivity (Wildman–Crippen MR) is 111 cm³/mol. The summed E-state index contributed by atoms with van der Waals surface area (Å²) in [6.45, 7) is 2.07. The Hall–Kier alpha value is -3.61. The van der Waals surface area contributed by atoms with Gasteiger partial charge in [-0.2, -0.15) is 0 Å². The summed E-state index contributed by atoms with van der Waals surface area (Å²) in [6.07, 6.45) is 6.79. The lowest BCUT2D eigenvalue weighted by Gasteiger charge is -2.16. The summed E-state index contributed by atoms with van der Waals surface area (Å²) in [7, 11) is 0. The van der Waals surface area contributed by atoms with Crippen LogP contribution in [0.4, 0.5) is 5.82 Å². The van der Waals surface area contributed by atoms with Crippen LogP contribution in [0.1, 0.15) is 36.3 Å². The molecule has 29 heavy (non-hydrogen) atoms. The quantitative estimate of drug-likeness (QED) is 0.565. The molecule has 0 radical (unpaired) electrons. The van der Waals surface area contributed by atoms with E-state index in [1.54, 1.807) is 10.9 Å². The molecule has 3 aromatic heterocycles. The second-order valence-corrected chi connectivity index (χ2v) is 7.18. The van der Waals surface area contributed by atoms with Crippen molar-refractivity contribution in [1.82, 2.24) is 29.9 Å². The summed E-state index contributed by atoms with van der Waals surface area (Å²) in [5.74, 6) is 1.53. The van der Waals surface area contributed by atoms with Gasteiger partial charge in [-0.1, -0.05) is 29.5 Å². The molecular weight excluding hydrogens is 362 g/mol. The van der Waals surface area contributed by atoms with Gasteiger partial charge in [-0.05, 0) is 50.5 Å². The lowest BCUT2D eigenvalue weighted by molar-refractivity contribution is 0.778. The largest absolute Gasteiger partial charge is 0.361 e. The highest BCUT2D eigenvalue weighted by Gasteiger charge is 2.22. The van der Waals surface area contributed by atoms with Gasteiger partial charge in [0.2, 0.25) is 0 Å². The molecule has 1 aromatic carbocycles. The van der Waals surface area contributed by atoms with Gasteiger partial charge >= 0.3 is 0 Å². The van der Waals surface area contributed by atoms with E-state index in [1.807, 2.05) is 54.7 Å². The highest BCUT2D eigenvalue weighted by Crippen LogP contribution is 2.30. The summed E-state index contributed by atoms with van der Waals surface area (Å²) >= 11 is 0. The SMILES string of the molecule is CC(Nc1nc(-c2ccccn2)nc2c1CCC2)c1cn(-c2ccccc2)nn1. The fraction of sp³-hybridized carbons (Fsp3) is 0.227. The fourth-order valence-corrected chi connectivity index (χ4v) is 3.62. The van der Waals surface area contributed by atoms with E-state index in [1.165, 1.54) is 5.56 Å². The molecule has 5 rings (SSSR count). The molecule has 7 nitrogen and oxygen atoms in total. The highest BCUT2D eigenvalue weighted by molar-refractivity contribution is 5.58. The van der Waals surface area contributed by atoms with Crippen LogP contribution in [0.3, 0.4) is 0 Å². The summed E-state index contributed by atoms with van der Waals surface area (Å²) in [6, 6.07) is 15.7. The molecule has 0 fully saturated rings. The number of fused-ring (bicyclic) bond motifs is 1. The van der Waals surface area contributed by atoms with E-state index in [9.17, 15) is 0 Å². The van der Waals surface area contributed by atoms with E-state index >= 15 is 0 Å². The Bertz CT molecular complexity index is 1120. The van der Waals surface area contributed by atoms with E-state index in [0.717, 1.165) is 47.8 Å². The molecule has 0 saturated carbocycles. The highest BCUT2D eigenvalue weighted by atomic mass is 15.4.